The topological polar surface area (TPSA) is 62.4 Å². The second-order valence-corrected chi connectivity index (χ2v) is 6.85. The van der Waals surface area contributed by atoms with E-state index < -0.39 is 0 Å². The quantitative estimate of drug-likeness (QED) is 0.859. The molecule has 2 fully saturated rings. The van der Waals surface area contributed by atoms with E-state index in [1.165, 1.54) is 12.3 Å². The van der Waals surface area contributed by atoms with Crippen LogP contribution in [0.2, 0.25) is 0 Å². The third kappa shape index (κ3) is 2.88. The average molecular weight is 290 g/mol. The summed E-state index contributed by atoms with van der Waals surface area (Å²) in [5.41, 5.74) is -0.341. The van der Waals surface area contributed by atoms with E-state index in [-0.39, 0.29) is 22.7 Å². The number of H-pyrrole nitrogens is 1. The lowest BCUT2D eigenvalue weighted by atomic mass is 9.93. The zero-order chi connectivity index (χ0) is 15.1. The van der Waals surface area contributed by atoms with Gasteiger partial charge in [0.15, 0.2) is 0 Å². The molecule has 1 amide bonds. The van der Waals surface area contributed by atoms with Gasteiger partial charge in [0.1, 0.15) is 0 Å². The minimum absolute atomic E-state index is 0.0799. The summed E-state index contributed by atoms with van der Waals surface area (Å²) in [4.78, 5) is 28.5. The van der Waals surface area contributed by atoms with Crippen molar-refractivity contribution in [3.63, 3.8) is 0 Å². The van der Waals surface area contributed by atoms with Crippen molar-refractivity contribution in [1.82, 2.24) is 9.88 Å². The molecule has 0 aromatic carbocycles. The number of morpholine rings is 1. The lowest BCUT2D eigenvalue weighted by Crippen LogP contribution is -2.60. The molecule has 1 N–H and O–H groups in total. The van der Waals surface area contributed by atoms with E-state index in [0.29, 0.717) is 18.7 Å². The monoisotopic (exact) mass is 290 g/mol. The molecule has 5 nitrogen and oxygen atoms in total. The Bertz CT molecular complexity index is 600. The normalized spacial score (nSPS) is 23.4. The third-order valence-corrected chi connectivity index (χ3v) is 4.37. The maximum atomic E-state index is 12.7. The Balaban J connectivity index is 1.87. The molecule has 1 spiro atoms. The molecule has 2 aliphatic rings. The lowest BCUT2D eigenvalue weighted by molar-refractivity contribution is -0.184. The third-order valence-electron chi connectivity index (χ3n) is 4.37. The molecule has 1 saturated heterocycles. The molecule has 1 aliphatic carbocycles. The molecule has 1 saturated carbocycles. The van der Waals surface area contributed by atoms with Gasteiger partial charge in [-0.15, -0.1) is 0 Å². The minimum atomic E-state index is -0.348. The molecule has 114 valence electrons. The molecule has 3 rings (SSSR count). The number of rotatable bonds is 1. The first-order valence-corrected chi connectivity index (χ1v) is 7.57. The fourth-order valence-electron chi connectivity index (χ4n) is 3.70. The van der Waals surface area contributed by atoms with Crippen molar-refractivity contribution in [3.05, 3.63) is 34.2 Å². The molecule has 0 atom stereocenters. The van der Waals surface area contributed by atoms with Crippen LogP contribution in [0.4, 0.5) is 0 Å². The van der Waals surface area contributed by atoms with Crippen LogP contribution in [0.1, 0.15) is 49.9 Å². The fourth-order valence-corrected chi connectivity index (χ4v) is 3.70. The number of hydrogen-bond donors (Lipinski definition) is 1. The van der Waals surface area contributed by atoms with Gasteiger partial charge in [0.25, 0.3) is 5.91 Å². The summed E-state index contributed by atoms with van der Waals surface area (Å²) in [5.74, 6) is -0.0799. The first-order valence-electron chi connectivity index (χ1n) is 7.57. The summed E-state index contributed by atoms with van der Waals surface area (Å²) in [6, 6.07) is 3.03. The summed E-state index contributed by atoms with van der Waals surface area (Å²) >= 11 is 0. The zero-order valence-corrected chi connectivity index (χ0v) is 12.6. The van der Waals surface area contributed by atoms with E-state index in [1.807, 2.05) is 18.7 Å². The van der Waals surface area contributed by atoms with Crippen molar-refractivity contribution in [2.24, 2.45) is 0 Å². The maximum absolute atomic E-state index is 12.7. The van der Waals surface area contributed by atoms with E-state index in [0.717, 1.165) is 25.7 Å². The number of pyridine rings is 1. The van der Waals surface area contributed by atoms with E-state index >= 15 is 0 Å². The van der Waals surface area contributed by atoms with Gasteiger partial charge in [0.2, 0.25) is 5.56 Å². The van der Waals surface area contributed by atoms with Crippen molar-refractivity contribution in [1.29, 1.82) is 0 Å². The summed E-state index contributed by atoms with van der Waals surface area (Å²) in [5, 5.41) is 0. The number of nitrogens with one attached hydrogen (secondary N) is 1. The van der Waals surface area contributed by atoms with Crippen LogP contribution in [0.15, 0.2) is 23.1 Å². The van der Waals surface area contributed by atoms with Crippen molar-refractivity contribution in [3.8, 4) is 0 Å². The number of hydrogen-bond acceptors (Lipinski definition) is 3. The Morgan fingerprint density at radius 1 is 1.29 bits per heavy atom. The molecule has 5 heteroatoms. The molecular weight excluding hydrogens is 268 g/mol. The highest BCUT2D eigenvalue weighted by molar-refractivity contribution is 5.94. The number of carbonyl (C=O) groups excluding carboxylic acids is 1. The van der Waals surface area contributed by atoms with Crippen LogP contribution in [0.3, 0.4) is 0 Å². The van der Waals surface area contributed by atoms with Gasteiger partial charge in [0.05, 0.1) is 17.7 Å². The number of aromatic amines is 1. The summed E-state index contributed by atoms with van der Waals surface area (Å²) in [7, 11) is 0. The van der Waals surface area contributed by atoms with Crippen LogP contribution in [-0.2, 0) is 4.74 Å². The smallest absolute Gasteiger partial charge is 0.254 e. The van der Waals surface area contributed by atoms with Gasteiger partial charge in [-0.05, 0) is 32.8 Å². The zero-order valence-electron chi connectivity index (χ0n) is 12.6. The highest BCUT2D eigenvalue weighted by Gasteiger charge is 2.47. The molecule has 21 heavy (non-hydrogen) atoms. The molecule has 0 bridgehead atoms. The van der Waals surface area contributed by atoms with Gasteiger partial charge in [-0.25, -0.2) is 0 Å². The molecule has 1 aliphatic heterocycles. The standard InChI is InChI=1S/C16H22N2O3/c1-15(2)10-18(11-16(21-15)6-3-4-7-16)14(20)12-5-8-17-13(19)9-12/h5,8-9H,3-4,6-7,10-11H2,1-2H3,(H,17,19). The Hall–Kier alpha value is -1.62. The Labute approximate surface area is 124 Å². The van der Waals surface area contributed by atoms with E-state index in [2.05, 4.69) is 4.98 Å². The van der Waals surface area contributed by atoms with Gasteiger partial charge < -0.3 is 14.6 Å². The highest BCUT2D eigenvalue weighted by atomic mass is 16.5. The molecule has 1 aromatic heterocycles. The summed E-state index contributed by atoms with van der Waals surface area (Å²) in [6.07, 6.45) is 5.85. The molecular formula is C16H22N2O3. The highest BCUT2D eigenvalue weighted by Crippen LogP contribution is 2.40. The summed E-state index contributed by atoms with van der Waals surface area (Å²) < 4.78 is 6.30. The number of carbonyl (C=O) groups is 1. The van der Waals surface area contributed by atoms with Crippen LogP contribution in [0.25, 0.3) is 0 Å². The Morgan fingerprint density at radius 2 is 2.00 bits per heavy atom. The number of aromatic nitrogens is 1. The van der Waals surface area contributed by atoms with E-state index in [1.54, 1.807) is 6.07 Å². The van der Waals surface area contributed by atoms with Crippen molar-refractivity contribution in [2.75, 3.05) is 13.1 Å². The predicted octanol–water partition coefficient (Wildman–Crippen LogP) is 1.94. The van der Waals surface area contributed by atoms with Gasteiger partial charge in [-0.3, -0.25) is 9.59 Å². The predicted molar refractivity (Wildman–Crippen MR) is 79.3 cm³/mol. The maximum Gasteiger partial charge on any atom is 0.254 e. The number of ether oxygens (including phenoxy) is 1. The fraction of sp³-hybridized carbons (Fsp3) is 0.625. The first kappa shape index (κ1) is 14.3. The van der Waals surface area contributed by atoms with Crippen molar-refractivity contribution >= 4 is 5.91 Å². The average Bonchev–Trinajstić information content (AvgIpc) is 2.83. The van der Waals surface area contributed by atoms with Crippen molar-refractivity contribution in [2.45, 2.75) is 50.7 Å². The SMILES string of the molecule is CC1(C)CN(C(=O)c2cc[nH]c(=O)c2)CC2(CCCC2)O1. The van der Waals surface area contributed by atoms with E-state index in [9.17, 15) is 9.59 Å². The van der Waals surface area contributed by atoms with Crippen molar-refractivity contribution < 1.29 is 9.53 Å². The first-order chi connectivity index (χ1) is 9.89. The van der Waals surface area contributed by atoms with Gasteiger partial charge in [0, 0.05) is 24.4 Å². The second kappa shape index (κ2) is 4.98. The minimum Gasteiger partial charge on any atom is -0.365 e. The molecule has 0 unspecified atom stereocenters. The van der Waals surface area contributed by atoms with Gasteiger partial charge in [-0.2, -0.15) is 0 Å². The lowest BCUT2D eigenvalue weighted by Gasteiger charge is -2.48. The van der Waals surface area contributed by atoms with Crippen LogP contribution < -0.4 is 5.56 Å². The number of amides is 1. The molecule has 2 heterocycles. The van der Waals surface area contributed by atoms with E-state index in [4.69, 9.17) is 4.74 Å². The molecule has 1 aromatic rings. The van der Waals surface area contributed by atoms with Crippen LogP contribution in [-0.4, -0.2) is 40.1 Å². The van der Waals surface area contributed by atoms with Crippen LogP contribution >= 0.6 is 0 Å². The second-order valence-electron chi connectivity index (χ2n) is 6.85. The molecule has 0 radical (unpaired) electrons. The van der Waals surface area contributed by atoms with Gasteiger partial charge in [-0.1, -0.05) is 12.8 Å². The Kier molecular flexibility index (Phi) is 3.40. The number of nitrogens with zero attached hydrogens (tertiary/aromatic N) is 1. The van der Waals surface area contributed by atoms with Crippen LogP contribution in [0.5, 0.6) is 0 Å². The summed E-state index contributed by atoms with van der Waals surface area (Å²) in [6.45, 7) is 5.25. The van der Waals surface area contributed by atoms with Crippen LogP contribution in [0, 0.1) is 0 Å². The largest absolute Gasteiger partial charge is 0.365 e. The Morgan fingerprint density at radius 3 is 2.67 bits per heavy atom. The van der Waals surface area contributed by atoms with Gasteiger partial charge >= 0.3 is 0 Å².